The number of alkyl halides is 3. The van der Waals surface area contributed by atoms with Crippen LogP contribution in [-0.2, 0) is 17.5 Å². The molecule has 0 saturated heterocycles. The van der Waals surface area contributed by atoms with Crippen molar-refractivity contribution in [1.82, 2.24) is 0 Å². The minimum Gasteiger partial charge on any atom is -0.399 e. The van der Waals surface area contributed by atoms with E-state index in [9.17, 15) is 13.2 Å². The van der Waals surface area contributed by atoms with Crippen LogP contribution in [0.25, 0.3) is 0 Å². The summed E-state index contributed by atoms with van der Waals surface area (Å²) in [6.45, 7) is 4.26. The first-order valence-corrected chi connectivity index (χ1v) is 5.34. The smallest absolute Gasteiger partial charge is 0.399 e. The number of nitrogens with two attached hydrogens (primary N) is 1. The van der Waals surface area contributed by atoms with Crippen LogP contribution in [0.3, 0.4) is 0 Å². The van der Waals surface area contributed by atoms with Crippen molar-refractivity contribution < 1.29 is 17.9 Å². The summed E-state index contributed by atoms with van der Waals surface area (Å²) in [6, 6.07) is 3.75. The first kappa shape index (κ1) is 13.8. The number of nitrogen functional groups attached to an aromatic ring is 1. The van der Waals surface area contributed by atoms with Gasteiger partial charge in [0.2, 0.25) is 0 Å². The second-order valence-corrected chi connectivity index (χ2v) is 4.32. The zero-order valence-corrected chi connectivity index (χ0v) is 9.84. The zero-order chi connectivity index (χ0) is 13.1. The molecule has 5 heteroatoms. The van der Waals surface area contributed by atoms with Crippen LogP contribution in [0, 0.1) is 5.92 Å². The third kappa shape index (κ3) is 4.26. The molecule has 17 heavy (non-hydrogen) atoms. The van der Waals surface area contributed by atoms with Gasteiger partial charge >= 0.3 is 6.18 Å². The maximum absolute atomic E-state index is 12.7. The fraction of sp³-hybridized carbons (Fsp3) is 0.500. The Labute approximate surface area is 98.6 Å². The number of benzene rings is 1. The van der Waals surface area contributed by atoms with E-state index in [1.165, 1.54) is 12.1 Å². The molecule has 0 aliphatic heterocycles. The van der Waals surface area contributed by atoms with E-state index in [4.69, 9.17) is 10.5 Å². The van der Waals surface area contributed by atoms with Gasteiger partial charge in [0, 0.05) is 12.3 Å². The molecule has 0 spiro atoms. The van der Waals surface area contributed by atoms with Crippen molar-refractivity contribution in [3.8, 4) is 0 Å². The van der Waals surface area contributed by atoms with Crippen molar-refractivity contribution in [1.29, 1.82) is 0 Å². The van der Waals surface area contributed by atoms with E-state index in [0.717, 1.165) is 6.07 Å². The molecule has 0 heterocycles. The number of hydrogen-bond donors (Lipinski definition) is 1. The molecule has 1 rings (SSSR count). The summed E-state index contributed by atoms with van der Waals surface area (Å²) in [5.74, 6) is 0.290. The number of ether oxygens (including phenoxy) is 1. The van der Waals surface area contributed by atoms with E-state index in [1.54, 1.807) is 0 Å². The quantitative estimate of drug-likeness (QED) is 0.827. The van der Waals surface area contributed by atoms with Gasteiger partial charge in [-0.05, 0) is 23.6 Å². The molecule has 0 aromatic heterocycles. The van der Waals surface area contributed by atoms with E-state index in [1.807, 2.05) is 13.8 Å². The van der Waals surface area contributed by atoms with Gasteiger partial charge in [0.05, 0.1) is 12.2 Å². The van der Waals surface area contributed by atoms with Crippen molar-refractivity contribution in [3.05, 3.63) is 29.3 Å². The highest BCUT2D eigenvalue weighted by molar-refractivity contribution is 5.45. The van der Waals surface area contributed by atoms with Crippen molar-refractivity contribution in [3.63, 3.8) is 0 Å². The average molecular weight is 247 g/mol. The largest absolute Gasteiger partial charge is 0.416 e. The van der Waals surface area contributed by atoms with Gasteiger partial charge in [0.1, 0.15) is 0 Å². The van der Waals surface area contributed by atoms with Crippen molar-refractivity contribution >= 4 is 5.69 Å². The predicted octanol–water partition coefficient (Wildman–Crippen LogP) is 3.46. The number of anilines is 1. The lowest BCUT2D eigenvalue weighted by molar-refractivity contribution is -0.138. The molecule has 0 aliphatic rings. The summed E-state index contributed by atoms with van der Waals surface area (Å²) in [4.78, 5) is 0. The Kier molecular flexibility index (Phi) is 4.40. The van der Waals surface area contributed by atoms with E-state index < -0.39 is 11.7 Å². The highest BCUT2D eigenvalue weighted by atomic mass is 19.4. The van der Waals surface area contributed by atoms with Crippen LogP contribution in [0.4, 0.5) is 18.9 Å². The molecule has 0 amide bonds. The molecule has 1 aromatic carbocycles. The second kappa shape index (κ2) is 5.40. The van der Waals surface area contributed by atoms with Crippen LogP contribution in [0.2, 0.25) is 0 Å². The maximum Gasteiger partial charge on any atom is 0.416 e. The predicted molar refractivity (Wildman–Crippen MR) is 60.4 cm³/mol. The van der Waals surface area contributed by atoms with Crippen LogP contribution in [0.5, 0.6) is 0 Å². The molecule has 0 fully saturated rings. The van der Waals surface area contributed by atoms with Crippen LogP contribution >= 0.6 is 0 Å². The first-order valence-electron chi connectivity index (χ1n) is 5.34. The van der Waals surface area contributed by atoms with Gasteiger partial charge in [-0.3, -0.25) is 0 Å². The fourth-order valence-corrected chi connectivity index (χ4v) is 1.39. The Morgan fingerprint density at radius 3 is 2.47 bits per heavy atom. The Balaban J connectivity index is 2.84. The summed E-state index contributed by atoms with van der Waals surface area (Å²) in [6.07, 6.45) is -4.40. The summed E-state index contributed by atoms with van der Waals surface area (Å²) in [5.41, 5.74) is 4.86. The molecule has 2 nitrogen and oxygen atoms in total. The standard InChI is InChI=1S/C12H16F3NO/c1-8(2)6-17-7-9-3-4-10(16)5-11(9)12(13,14)15/h3-5,8H,6-7,16H2,1-2H3. The minimum absolute atomic E-state index is 0.0483. The fourth-order valence-electron chi connectivity index (χ4n) is 1.39. The highest BCUT2D eigenvalue weighted by Crippen LogP contribution is 2.33. The molecule has 0 saturated carbocycles. The van der Waals surface area contributed by atoms with Gasteiger partial charge in [-0.2, -0.15) is 13.2 Å². The maximum atomic E-state index is 12.7. The highest BCUT2D eigenvalue weighted by Gasteiger charge is 2.33. The first-order chi connectivity index (χ1) is 7.80. The second-order valence-electron chi connectivity index (χ2n) is 4.32. The molecule has 0 bridgehead atoms. The van der Waals surface area contributed by atoms with Crippen LogP contribution in [0.1, 0.15) is 25.0 Å². The molecule has 0 aliphatic carbocycles. The molecular formula is C12H16F3NO. The van der Waals surface area contributed by atoms with E-state index in [2.05, 4.69) is 0 Å². The summed E-state index contributed by atoms with van der Waals surface area (Å²) in [5, 5.41) is 0. The van der Waals surface area contributed by atoms with Gasteiger partial charge in [0.15, 0.2) is 0 Å². The summed E-state index contributed by atoms with van der Waals surface area (Å²) >= 11 is 0. The van der Waals surface area contributed by atoms with Crippen molar-refractivity contribution in [2.24, 2.45) is 5.92 Å². The molecule has 1 aromatic rings. The lowest BCUT2D eigenvalue weighted by Gasteiger charge is -2.14. The minimum atomic E-state index is -4.40. The van der Waals surface area contributed by atoms with Crippen molar-refractivity contribution in [2.75, 3.05) is 12.3 Å². The molecule has 2 N–H and O–H groups in total. The Morgan fingerprint density at radius 1 is 1.29 bits per heavy atom. The monoisotopic (exact) mass is 247 g/mol. The average Bonchev–Trinajstić information content (AvgIpc) is 2.18. The zero-order valence-electron chi connectivity index (χ0n) is 9.84. The Hall–Kier alpha value is -1.23. The van der Waals surface area contributed by atoms with Crippen LogP contribution < -0.4 is 5.73 Å². The van der Waals surface area contributed by atoms with Gasteiger partial charge in [-0.1, -0.05) is 19.9 Å². The molecule has 0 unspecified atom stereocenters. The van der Waals surface area contributed by atoms with Gasteiger partial charge in [0.25, 0.3) is 0 Å². The SMILES string of the molecule is CC(C)COCc1ccc(N)cc1C(F)(F)F. The lowest BCUT2D eigenvalue weighted by atomic mass is 10.1. The number of halogens is 3. The van der Waals surface area contributed by atoms with Gasteiger partial charge in [-0.25, -0.2) is 0 Å². The van der Waals surface area contributed by atoms with E-state index >= 15 is 0 Å². The van der Waals surface area contributed by atoms with Crippen molar-refractivity contribution in [2.45, 2.75) is 26.6 Å². The van der Waals surface area contributed by atoms with E-state index in [0.29, 0.717) is 6.61 Å². The lowest BCUT2D eigenvalue weighted by Crippen LogP contribution is -2.12. The summed E-state index contributed by atoms with van der Waals surface area (Å²) in [7, 11) is 0. The number of rotatable bonds is 4. The normalized spacial score (nSPS) is 12.1. The van der Waals surface area contributed by atoms with Gasteiger partial charge in [-0.15, -0.1) is 0 Å². The van der Waals surface area contributed by atoms with Crippen LogP contribution in [0.15, 0.2) is 18.2 Å². The third-order valence-corrected chi connectivity index (χ3v) is 2.15. The number of hydrogen-bond acceptors (Lipinski definition) is 2. The van der Waals surface area contributed by atoms with Crippen LogP contribution in [-0.4, -0.2) is 6.61 Å². The van der Waals surface area contributed by atoms with Gasteiger partial charge < -0.3 is 10.5 Å². The Morgan fingerprint density at radius 2 is 1.94 bits per heavy atom. The van der Waals surface area contributed by atoms with E-state index in [-0.39, 0.29) is 23.8 Å². The molecule has 96 valence electrons. The molecule has 0 atom stereocenters. The summed E-state index contributed by atoms with van der Waals surface area (Å²) < 4.78 is 43.3. The molecule has 0 radical (unpaired) electrons. The Bertz CT molecular complexity index is 375. The molecular weight excluding hydrogens is 231 g/mol. The topological polar surface area (TPSA) is 35.2 Å². The third-order valence-electron chi connectivity index (χ3n) is 2.15.